The summed E-state index contributed by atoms with van der Waals surface area (Å²) in [4.78, 5) is 9.68. The van der Waals surface area contributed by atoms with Crippen LogP contribution in [0.4, 0.5) is 0 Å². The van der Waals surface area contributed by atoms with Crippen molar-refractivity contribution in [2.75, 3.05) is 0 Å². The molecule has 6 heavy (non-hydrogen) atoms. The molecule has 0 aliphatic carbocycles. The Balaban J connectivity index is 3.45. The Morgan fingerprint density at radius 3 is 1.50 bits per heavy atom. The van der Waals surface area contributed by atoms with Crippen LogP contribution < -0.4 is 0 Å². The van der Waals surface area contributed by atoms with Gasteiger partial charge in [0.15, 0.2) is -0.565 Å². The van der Waals surface area contributed by atoms with Gasteiger partial charge in [-0.1, -0.05) is 0 Å². The van der Waals surface area contributed by atoms with E-state index in [-0.39, 0.29) is -0.565 Å². The predicted octanol–water partition coefficient (Wildman–Crippen LogP) is 2.05. The number of alkyl halides is 3. The van der Waals surface area contributed by atoms with Gasteiger partial charge in [0.05, 0.1) is 0 Å². The van der Waals surface area contributed by atoms with Gasteiger partial charge in [-0.05, 0) is 67.8 Å². The molecular weight excluding hydrogens is 421 g/mol. The minimum absolute atomic E-state index is 0.354. The molecule has 0 atom stereocenters. The highest BCUT2D eigenvalue weighted by molar-refractivity contribution is 14.3. The maximum Gasteiger partial charge on any atom is 0.237 e. The van der Waals surface area contributed by atoms with E-state index in [1.807, 2.05) is 74.1 Å². The Labute approximate surface area is 77.1 Å². The Morgan fingerprint density at radius 2 is 1.50 bits per heavy atom. The van der Waals surface area contributed by atoms with E-state index in [2.05, 4.69) is 0 Å². The van der Waals surface area contributed by atoms with Crippen LogP contribution in [0.2, 0.25) is 0 Å². The average molecular weight is 421 g/mol. The maximum absolute atomic E-state index is 9.68. The van der Waals surface area contributed by atoms with E-state index >= 15 is 0 Å². The first kappa shape index (κ1) is 7.86. The largest absolute Gasteiger partial charge is 0.287 e. The average Bonchev–Trinajstić information content (AvgIpc) is 1.35. The van der Waals surface area contributed by atoms with Gasteiger partial charge in [0.1, 0.15) is 0 Å². The predicted molar refractivity (Wildman–Crippen MR) is 50.5 cm³/mol. The third-order valence-electron chi connectivity index (χ3n) is 0.116. The van der Waals surface area contributed by atoms with Crippen molar-refractivity contribution in [3.63, 3.8) is 0 Å². The summed E-state index contributed by atoms with van der Waals surface area (Å²) in [6.45, 7) is 0. The van der Waals surface area contributed by atoms with Crippen LogP contribution in [0.3, 0.4) is 0 Å². The van der Waals surface area contributed by atoms with Gasteiger partial charge >= 0.3 is 0 Å². The number of carbonyl (C=O) groups excluding carboxylic acids is 1. The monoisotopic (exact) mass is 421 g/mol. The van der Waals surface area contributed by atoms with Gasteiger partial charge in [-0.15, -0.1) is 0 Å². The molecule has 0 aromatic heterocycles. The second-order valence-corrected chi connectivity index (χ2v) is 11.6. The van der Waals surface area contributed by atoms with E-state index in [0.717, 1.165) is 0 Å². The molecule has 0 unspecified atom stereocenters. The van der Waals surface area contributed by atoms with Crippen molar-refractivity contribution in [1.82, 2.24) is 0 Å². The molecule has 4 heteroatoms. The Hall–Kier alpha value is 1.86. The van der Waals surface area contributed by atoms with Gasteiger partial charge in [0.2, 0.25) is 6.29 Å². The SMILES string of the molecule is O=[C]C(I)(I)I. The molecule has 0 rings (SSSR count). The second-order valence-electron chi connectivity index (χ2n) is 0.600. The molecule has 1 nitrogen and oxygen atoms in total. The highest BCUT2D eigenvalue weighted by Crippen LogP contribution is 2.32. The molecule has 0 saturated carbocycles. The molecule has 0 spiro atoms. The molecule has 0 heterocycles. The Bertz CT molecular complexity index is 54.3. The van der Waals surface area contributed by atoms with Crippen LogP contribution in [0.1, 0.15) is 0 Å². The summed E-state index contributed by atoms with van der Waals surface area (Å²) >= 11 is 5.97. The number of rotatable bonds is 1. The summed E-state index contributed by atoms with van der Waals surface area (Å²) < 4.78 is -0.354. The molecule has 35 valence electrons. The van der Waals surface area contributed by atoms with Crippen molar-refractivity contribution in [3.05, 3.63) is 0 Å². The molecule has 0 aromatic rings. The highest BCUT2D eigenvalue weighted by atomic mass is 127. The summed E-state index contributed by atoms with van der Waals surface area (Å²) in [7, 11) is 0. The molecular formula is C2I3O. The summed E-state index contributed by atoms with van der Waals surface area (Å²) in [5, 5.41) is 0. The van der Waals surface area contributed by atoms with E-state index in [0.29, 0.717) is 0 Å². The maximum atomic E-state index is 9.68. The highest BCUT2D eigenvalue weighted by Gasteiger charge is 2.15. The van der Waals surface area contributed by atoms with Gasteiger partial charge in [0, 0.05) is 0 Å². The van der Waals surface area contributed by atoms with Crippen LogP contribution >= 0.6 is 67.8 Å². The third-order valence-corrected chi connectivity index (χ3v) is 0.776. The molecule has 0 fully saturated rings. The second kappa shape index (κ2) is 3.00. The van der Waals surface area contributed by atoms with E-state index in [9.17, 15) is 4.79 Å². The molecule has 0 saturated heterocycles. The van der Waals surface area contributed by atoms with Crippen molar-refractivity contribution in [2.24, 2.45) is 0 Å². The van der Waals surface area contributed by atoms with Crippen LogP contribution in [0.15, 0.2) is 0 Å². The lowest BCUT2D eigenvalue weighted by atomic mass is 10.9. The zero-order valence-electron chi connectivity index (χ0n) is 2.54. The molecule has 0 bridgehead atoms. The molecule has 0 aliphatic heterocycles. The van der Waals surface area contributed by atoms with Crippen LogP contribution in [-0.2, 0) is 4.79 Å². The third kappa shape index (κ3) is 5.86. The van der Waals surface area contributed by atoms with Crippen LogP contribution in [-0.4, -0.2) is 5.72 Å². The first-order chi connectivity index (χ1) is 2.56. The zero-order chi connectivity index (χ0) is 5.21. The lowest BCUT2D eigenvalue weighted by Gasteiger charge is -1.93. The fourth-order valence-corrected chi connectivity index (χ4v) is 0. The van der Waals surface area contributed by atoms with Crippen molar-refractivity contribution in [3.8, 4) is 0 Å². The number of hydrogen-bond donors (Lipinski definition) is 0. The fourth-order valence-electron chi connectivity index (χ4n) is 0. The lowest BCUT2D eigenvalue weighted by molar-refractivity contribution is 0.560. The fraction of sp³-hybridized carbons (Fsp3) is 0.500. The summed E-state index contributed by atoms with van der Waals surface area (Å²) in [5.74, 6) is 0. The van der Waals surface area contributed by atoms with Crippen molar-refractivity contribution < 1.29 is 4.79 Å². The van der Waals surface area contributed by atoms with Gasteiger partial charge in [-0.2, -0.15) is 0 Å². The molecule has 0 aromatic carbocycles. The first-order valence-corrected chi connectivity index (χ1v) is 4.26. The number of hydrogen-bond acceptors (Lipinski definition) is 1. The summed E-state index contributed by atoms with van der Waals surface area (Å²) in [5.41, 5.74) is 0. The smallest absolute Gasteiger partial charge is 0.237 e. The van der Waals surface area contributed by atoms with Crippen molar-refractivity contribution in [2.45, 2.75) is -0.565 Å². The topological polar surface area (TPSA) is 17.1 Å². The minimum atomic E-state index is -0.354. The van der Waals surface area contributed by atoms with Gasteiger partial charge in [0.25, 0.3) is 0 Å². The van der Waals surface area contributed by atoms with Crippen LogP contribution in [0, 0.1) is 0 Å². The Morgan fingerprint density at radius 1 is 1.33 bits per heavy atom. The van der Waals surface area contributed by atoms with Gasteiger partial charge in [-0.3, -0.25) is 4.79 Å². The summed E-state index contributed by atoms with van der Waals surface area (Å²) in [6.07, 6.45) is 1.81. The number of halogens is 3. The van der Waals surface area contributed by atoms with Crippen LogP contribution in [0.5, 0.6) is 0 Å². The van der Waals surface area contributed by atoms with Crippen LogP contribution in [0.25, 0.3) is 0 Å². The molecule has 0 amide bonds. The zero-order valence-corrected chi connectivity index (χ0v) is 9.01. The van der Waals surface area contributed by atoms with E-state index in [1.165, 1.54) is 0 Å². The van der Waals surface area contributed by atoms with Gasteiger partial charge in [-0.25, -0.2) is 0 Å². The van der Waals surface area contributed by atoms with E-state index in [1.54, 1.807) is 0 Å². The quantitative estimate of drug-likeness (QED) is 0.469. The van der Waals surface area contributed by atoms with Crippen molar-refractivity contribution in [1.29, 1.82) is 0 Å². The first-order valence-electron chi connectivity index (χ1n) is 1.02. The van der Waals surface area contributed by atoms with E-state index in [4.69, 9.17) is 0 Å². The van der Waals surface area contributed by atoms with Gasteiger partial charge < -0.3 is 0 Å². The lowest BCUT2D eigenvalue weighted by Crippen LogP contribution is -1.96. The normalized spacial score (nSPS) is 11.2. The molecule has 0 aliphatic rings. The van der Waals surface area contributed by atoms with E-state index < -0.39 is 0 Å². The standard InChI is InChI=1S/C2I3O/c3-2(4,5)1-6. The molecule has 1 radical (unpaired) electrons. The Kier molecular flexibility index (Phi) is 3.93. The summed E-state index contributed by atoms with van der Waals surface area (Å²) in [6, 6.07) is 0. The van der Waals surface area contributed by atoms with Crippen molar-refractivity contribution >= 4 is 74.1 Å². The minimum Gasteiger partial charge on any atom is -0.287 e. The molecule has 0 N–H and O–H groups in total.